The van der Waals surface area contributed by atoms with Gasteiger partial charge in [-0.15, -0.1) is 0 Å². The molecular formula is C21H25F3N4O3. The number of amides is 1. The Hall–Kier alpha value is -2.46. The van der Waals surface area contributed by atoms with E-state index in [0.29, 0.717) is 45.0 Å². The topological polar surface area (TPSA) is 71.7 Å². The molecule has 7 nitrogen and oxygen atoms in total. The highest BCUT2D eigenvalue weighted by Crippen LogP contribution is 2.31. The number of alkyl halides is 3. The molecule has 2 fully saturated rings. The lowest BCUT2D eigenvalue weighted by molar-refractivity contribution is -0.137. The van der Waals surface area contributed by atoms with Crippen molar-refractivity contribution in [2.24, 2.45) is 0 Å². The van der Waals surface area contributed by atoms with Gasteiger partial charge in [0.2, 0.25) is 17.6 Å². The van der Waals surface area contributed by atoms with Crippen LogP contribution in [0.15, 0.2) is 28.8 Å². The first kappa shape index (κ1) is 21.8. The molecule has 3 heterocycles. The smallest absolute Gasteiger partial charge is 0.378 e. The number of halogens is 3. The van der Waals surface area contributed by atoms with Crippen LogP contribution in [0.3, 0.4) is 0 Å². The summed E-state index contributed by atoms with van der Waals surface area (Å²) in [4.78, 5) is 20.6. The molecule has 1 aromatic heterocycles. The molecule has 0 aliphatic carbocycles. The second-order valence-corrected chi connectivity index (χ2v) is 7.92. The summed E-state index contributed by atoms with van der Waals surface area (Å²) in [6, 6.07) is 4.86. The van der Waals surface area contributed by atoms with Crippen LogP contribution in [0.25, 0.3) is 11.4 Å². The maximum absolute atomic E-state index is 12.9. The van der Waals surface area contributed by atoms with Gasteiger partial charge in [-0.2, -0.15) is 18.2 Å². The molecule has 0 bridgehead atoms. The molecule has 1 amide bonds. The molecule has 1 atom stereocenters. The Morgan fingerprint density at radius 2 is 2.00 bits per heavy atom. The Balaban J connectivity index is 1.27. The zero-order valence-corrected chi connectivity index (χ0v) is 17.1. The normalized spacial score (nSPS) is 20.4. The summed E-state index contributed by atoms with van der Waals surface area (Å²) < 4.78 is 49.5. The van der Waals surface area contributed by atoms with Crippen molar-refractivity contribution in [3.8, 4) is 11.4 Å². The maximum Gasteiger partial charge on any atom is 0.416 e. The predicted octanol–water partition coefficient (Wildman–Crippen LogP) is 3.36. The van der Waals surface area contributed by atoms with E-state index >= 15 is 0 Å². The average molecular weight is 438 g/mol. The van der Waals surface area contributed by atoms with E-state index in [2.05, 4.69) is 15.0 Å². The van der Waals surface area contributed by atoms with Crippen LogP contribution >= 0.6 is 0 Å². The first-order valence-corrected chi connectivity index (χ1v) is 10.5. The van der Waals surface area contributed by atoms with Gasteiger partial charge in [0.1, 0.15) is 0 Å². The van der Waals surface area contributed by atoms with Gasteiger partial charge in [0.25, 0.3) is 0 Å². The lowest BCUT2D eigenvalue weighted by Gasteiger charge is -2.34. The van der Waals surface area contributed by atoms with Crippen LogP contribution in [0.4, 0.5) is 13.2 Å². The number of nitrogens with zero attached hydrogens (tertiary/aromatic N) is 4. The molecule has 0 radical (unpaired) electrons. The lowest BCUT2D eigenvalue weighted by Crippen LogP contribution is -2.48. The molecule has 0 saturated carbocycles. The first-order valence-electron chi connectivity index (χ1n) is 10.5. The number of piperazine rings is 1. The van der Waals surface area contributed by atoms with Crippen molar-refractivity contribution in [2.45, 2.75) is 44.5 Å². The van der Waals surface area contributed by atoms with Gasteiger partial charge in [0.05, 0.1) is 18.2 Å². The van der Waals surface area contributed by atoms with Crippen LogP contribution in [0.1, 0.15) is 37.1 Å². The lowest BCUT2D eigenvalue weighted by atomic mass is 10.1. The summed E-state index contributed by atoms with van der Waals surface area (Å²) in [6.45, 7) is 3.78. The number of benzene rings is 1. The van der Waals surface area contributed by atoms with Crippen molar-refractivity contribution in [3.63, 3.8) is 0 Å². The van der Waals surface area contributed by atoms with Crippen LogP contribution in [-0.4, -0.2) is 64.7 Å². The van der Waals surface area contributed by atoms with Gasteiger partial charge in [0.15, 0.2) is 0 Å². The van der Waals surface area contributed by atoms with E-state index in [1.165, 1.54) is 12.1 Å². The monoisotopic (exact) mass is 438 g/mol. The minimum atomic E-state index is -4.43. The van der Waals surface area contributed by atoms with E-state index in [-0.39, 0.29) is 23.4 Å². The molecule has 4 rings (SSSR count). The fraction of sp³-hybridized carbons (Fsp3) is 0.571. The molecular weight excluding hydrogens is 413 g/mol. The SMILES string of the molecule is O=C(CCC1CCCO1)N1CCN(Cc2nc(-c3cccc(C(F)(F)F)c3)no2)CC1. The van der Waals surface area contributed by atoms with Crippen molar-refractivity contribution in [2.75, 3.05) is 32.8 Å². The summed E-state index contributed by atoms with van der Waals surface area (Å²) in [7, 11) is 0. The second-order valence-electron chi connectivity index (χ2n) is 7.92. The summed E-state index contributed by atoms with van der Waals surface area (Å²) in [5.41, 5.74) is -0.497. The van der Waals surface area contributed by atoms with Crippen LogP contribution in [0.5, 0.6) is 0 Å². The molecule has 0 N–H and O–H groups in total. The van der Waals surface area contributed by atoms with Crippen molar-refractivity contribution in [3.05, 3.63) is 35.7 Å². The van der Waals surface area contributed by atoms with Gasteiger partial charge in [0, 0.05) is 44.8 Å². The third-order valence-electron chi connectivity index (χ3n) is 5.70. The number of aromatic nitrogens is 2. The average Bonchev–Trinajstić information content (AvgIpc) is 3.44. The zero-order chi connectivity index (χ0) is 21.8. The van der Waals surface area contributed by atoms with E-state index in [1.54, 1.807) is 0 Å². The molecule has 31 heavy (non-hydrogen) atoms. The largest absolute Gasteiger partial charge is 0.416 e. The van der Waals surface area contributed by atoms with Gasteiger partial charge >= 0.3 is 6.18 Å². The van der Waals surface area contributed by atoms with Crippen LogP contribution in [0.2, 0.25) is 0 Å². The van der Waals surface area contributed by atoms with Gasteiger partial charge < -0.3 is 14.2 Å². The third kappa shape index (κ3) is 5.62. The van der Waals surface area contributed by atoms with Crippen LogP contribution < -0.4 is 0 Å². The number of hydrogen-bond donors (Lipinski definition) is 0. The Kier molecular flexibility index (Phi) is 6.57. The Morgan fingerprint density at radius 3 is 2.71 bits per heavy atom. The van der Waals surface area contributed by atoms with Crippen LogP contribution in [-0.2, 0) is 22.3 Å². The highest BCUT2D eigenvalue weighted by molar-refractivity contribution is 5.76. The second kappa shape index (κ2) is 9.35. The number of ether oxygens (including phenoxy) is 1. The molecule has 2 saturated heterocycles. The highest BCUT2D eigenvalue weighted by atomic mass is 19.4. The third-order valence-corrected chi connectivity index (χ3v) is 5.70. The molecule has 2 aliphatic heterocycles. The first-order chi connectivity index (χ1) is 14.9. The van der Waals surface area contributed by atoms with Crippen LogP contribution in [0, 0.1) is 0 Å². The fourth-order valence-electron chi connectivity index (χ4n) is 3.93. The van der Waals surface area contributed by atoms with Crippen molar-refractivity contribution < 1.29 is 27.2 Å². The van der Waals surface area contributed by atoms with Gasteiger partial charge in [-0.3, -0.25) is 9.69 Å². The zero-order valence-electron chi connectivity index (χ0n) is 17.1. The standard InChI is InChI=1S/C21H25F3N4O3/c22-21(23,24)16-4-1-3-15(13-16)20-25-18(31-26-20)14-27-8-10-28(11-9-27)19(29)7-6-17-5-2-12-30-17/h1,3-4,13,17H,2,5-12,14H2. The molecule has 10 heteroatoms. The quantitative estimate of drug-likeness (QED) is 0.689. The summed E-state index contributed by atoms with van der Waals surface area (Å²) in [6.07, 6.45) is -0.817. The van der Waals surface area contributed by atoms with Crippen molar-refractivity contribution in [1.82, 2.24) is 19.9 Å². The van der Waals surface area contributed by atoms with Gasteiger partial charge in [-0.1, -0.05) is 17.3 Å². The van der Waals surface area contributed by atoms with Crippen molar-refractivity contribution >= 4 is 5.91 Å². The minimum absolute atomic E-state index is 0.129. The molecule has 1 aromatic carbocycles. The van der Waals surface area contributed by atoms with Crippen molar-refractivity contribution in [1.29, 1.82) is 0 Å². The summed E-state index contributed by atoms with van der Waals surface area (Å²) in [5.74, 6) is 0.620. The van der Waals surface area contributed by atoms with E-state index in [4.69, 9.17) is 9.26 Å². The molecule has 168 valence electrons. The highest BCUT2D eigenvalue weighted by Gasteiger charge is 2.31. The molecule has 1 unspecified atom stereocenters. The Labute approximate surface area is 178 Å². The summed E-state index contributed by atoms with van der Waals surface area (Å²) in [5, 5.41) is 3.82. The summed E-state index contributed by atoms with van der Waals surface area (Å²) >= 11 is 0. The van der Waals surface area contributed by atoms with E-state index in [0.717, 1.165) is 38.0 Å². The van der Waals surface area contributed by atoms with Gasteiger partial charge in [-0.25, -0.2) is 0 Å². The molecule has 0 spiro atoms. The number of rotatable bonds is 6. The predicted molar refractivity (Wildman–Crippen MR) is 105 cm³/mol. The fourth-order valence-corrected chi connectivity index (χ4v) is 3.93. The molecule has 2 aliphatic rings. The number of carbonyl (C=O) groups is 1. The van der Waals surface area contributed by atoms with E-state index in [1.807, 2.05) is 4.90 Å². The maximum atomic E-state index is 12.9. The van der Waals surface area contributed by atoms with Gasteiger partial charge in [-0.05, 0) is 31.4 Å². The van der Waals surface area contributed by atoms with E-state index in [9.17, 15) is 18.0 Å². The number of carbonyl (C=O) groups excluding carboxylic acids is 1. The molecule has 2 aromatic rings. The van der Waals surface area contributed by atoms with E-state index < -0.39 is 11.7 Å². The Bertz CT molecular complexity index is 888. The number of hydrogen-bond acceptors (Lipinski definition) is 6. The minimum Gasteiger partial charge on any atom is -0.378 e. The Morgan fingerprint density at radius 1 is 1.19 bits per heavy atom.